The lowest BCUT2D eigenvalue weighted by molar-refractivity contribution is 0.210. The van der Waals surface area contributed by atoms with Crippen molar-refractivity contribution in [2.24, 2.45) is 0 Å². The van der Waals surface area contributed by atoms with Crippen LogP contribution < -0.4 is 4.74 Å². The second-order valence-electron chi connectivity index (χ2n) is 3.54. The lowest BCUT2D eigenvalue weighted by atomic mass is 10.0. The molecule has 0 spiro atoms. The van der Waals surface area contributed by atoms with E-state index < -0.39 is 5.67 Å². The van der Waals surface area contributed by atoms with E-state index in [0.29, 0.717) is 18.0 Å². The Bertz CT molecular complexity index is 320. The molecule has 1 aromatic heterocycles. The van der Waals surface area contributed by atoms with Crippen molar-refractivity contribution in [2.45, 2.75) is 32.9 Å². The van der Waals surface area contributed by atoms with Crippen LogP contribution in [0.25, 0.3) is 0 Å². The molecule has 14 heavy (non-hydrogen) atoms. The molecule has 1 heterocycles. The highest BCUT2D eigenvalue weighted by molar-refractivity contribution is 5.32. The first kappa shape index (κ1) is 10.9. The number of nitrogens with zero attached hydrogens (tertiary/aromatic N) is 2. The standard InChI is InChI=1S/C10H15FN2O/c1-5-7-8(10(2,3)11)12-6-13-9(7)14-4/h6H,5H2,1-4H3. The minimum absolute atomic E-state index is 0.409. The zero-order valence-electron chi connectivity index (χ0n) is 8.97. The van der Waals surface area contributed by atoms with Crippen LogP contribution in [0.15, 0.2) is 6.33 Å². The maximum absolute atomic E-state index is 13.7. The Balaban J connectivity index is 3.29. The molecule has 0 aliphatic rings. The van der Waals surface area contributed by atoms with E-state index in [1.54, 1.807) is 0 Å². The fraction of sp³-hybridized carbons (Fsp3) is 0.600. The van der Waals surface area contributed by atoms with E-state index in [1.807, 2.05) is 6.92 Å². The van der Waals surface area contributed by atoms with Gasteiger partial charge in [-0.3, -0.25) is 0 Å². The molecular weight excluding hydrogens is 183 g/mol. The maximum Gasteiger partial charge on any atom is 0.219 e. The van der Waals surface area contributed by atoms with Gasteiger partial charge in [0.2, 0.25) is 5.88 Å². The summed E-state index contributed by atoms with van der Waals surface area (Å²) in [6, 6.07) is 0. The largest absolute Gasteiger partial charge is 0.481 e. The van der Waals surface area contributed by atoms with Gasteiger partial charge in [-0.15, -0.1) is 0 Å². The Morgan fingerprint density at radius 2 is 2.07 bits per heavy atom. The van der Waals surface area contributed by atoms with Gasteiger partial charge in [0.05, 0.1) is 12.8 Å². The summed E-state index contributed by atoms with van der Waals surface area (Å²) in [5.74, 6) is 0.461. The van der Waals surface area contributed by atoms with Crippen LogP contribution in [0.1, 0.15) is 32.0 Å². The molecule has 3 nitrogen and oxygen atoms in total. The second-order valence-corrected chi connectivity index (χ2v) is 3.54. The molecule has 0 saturated carbocycles. The van der Waals surface area contributed by atoms with E-state index in [-0.39, 0.29) is 0 Å². The Morgan fingerprint density at radius 1 is 1.43 bits per heavy atom. The molecule has 0 atom stereocenters. The summed E-state index contributed by atoms with van der Waals surface area (Å²) in [6.07, 6.45) is 1.99. The number of hydrogen-bond donors (Lipinski definition) is 0. The molecule has 0 saturated heterocycles. The van der Waals surface area contributed by atoms with E-state index in [4.69, 9.17) is 4.74 Å². The molecule has 0 aromatic carbocycles. The molecule has 0 fully saturated rings. The first-order chi connectivity index (χ1) is 6.50. The van der Waals surface area contributed by atoms with Crippen molar-refractivity contribution >= 4 is 0 Å². The Hall–Kier alpha value is -1.19. The average molecular weight is 198 g/mol. The van der Waals surface area contributed by atoms with E-state index in [9.17, 15) is 4.39 Å². The lowest BCUT2D eigenvalue weighted by Gasteiger charge is -2.18. The number of hydrogen-bond acceptors (Lipinski definition) is 3. The number of halogens is 1. The minimum Gasteiger partial charge on any atom is -0.481 e. The SMILES string of the molecule is CCc1c(OC)ncnc1C(C)(C)F. The van der Waals surface area contributed by atoms with Gasteiger partial charge in [0, 0.05) is 5.56 Å². The normalized spacial score (nSPS) is 11.5. The maximum atomic E-state index is 13.7. The molecule has 0 N–H and O–H groups in total. The predicted molar refractivity (Wildman–Crippen MR) is 52.1 cm³/mol. The molecule has 0 aliphatic carbocycles. The number of ether oxygens (including phenoxy) is 1. The van der Waals surface area contributed by atoms with Gasteiger partial charge in [-0.25, -0.2) is 14.4 Å². The van der Waals surface area contributed by atoms with Crippen LogP contribution in [0.2, 0.25) is 0 Å². The Kier molecular flexibility index (Phi) is 3.03. The molecule has 4 heteroatoms. The smallest absolute Gasteiger partial charge is 0.219 e. The number of aromatic nitrogens is 2. The van der Waals surface area contributed by atoms with Crippen molar-refractivity contribution in [3.63, 3.8) is 0 Å². The van der Waals surface area contributed by atoms with E-state index in [1.165, 1.54) is 27.3 Å². The van der Waals surface area contributed by atoms with Crippen molar-refractivity contribution in [1.82, 2.24) is 9.97 Å². The van der Waals surface area contributed by atoms with Crippen molar-refractivity contribution in [3.8, 4) is 5.88 Å². The van der Waals surface area contributed by atoms with Gasteiger partial charge in [0.15, 0.2) is 0 Å². The highest BCUT2D eigenvalue weighted by atomic mass is 19.1. The van der Waals surface area contributed by atoms with Gasteiger partial charge in [-0.2, -0.15) is 0 Å². The second kappa shape index (κ2) is 3.90. The first-order valence-electron chi connectivity index (χ1n) is 4.58. The molecule has 1 rings (SSSR count). The molecule has 0 bridgehead atoms. The van der Waals surface area contributed by atoms with Crippen LogP contribution in [-0.2, 0) is 12.1 Å². The zero-order chi connectivity index (χ0) is 10.8. The van der Waals surface area contributed by atoms with Gasteiger partial charge in [-0.1, -0.05) is 6.92 Å². The summed E-state index contributed by atoms with van der Waals surface area (Å²) >= 11 is 0. The summed E-state index contributed by atoms with van der Waals surface area (Å²) in [5, 5.41) is 0. The van der Waals surface area contributed by atoms with Crippen molar-refractivity contribution in [1.29, 1.82) is 0 Å². The van der Waals surface area contributed by atoms with E-state index >= 15 is 0 Å². The van der Waals surface area contributed by atoms with Gasteiger partial charge in [-0.05, 0) is 20.3 Å². The number of methoxy groups -OCH3 is 1. The molecule has 0 radical (unpaired) electrons. The summed E-state index contributed by atoms with van der Waals surface area (Å²) in [4.78, 5) is 7.91. The highest BCUT2D eigenvalue weighted by Crippen LogP contribution is 2.29. The summed E-state index contributed by atoms with van der Waals surface area (Å²) in [7, 11) is 1.52. The zero-order valence-corrected chi connectivity index (χ0v) is 8.97. The van der Waals surface area contributed by atoms with Crippen LogP contribution in [0.4, 0.5) is 4.39 Å². The van der Waals surface area contributed by atoms with Crippen molar-refractivity contribution in [3.05, 3.63) is 17.6 Å². The van der Waals surface area contributed by atoms with Gasteiger partial charge < -0.3 is 4.74 Å². The van der Waals surface area contributed by atoms with Gasteiger partial charge in [0.1, 0.15) is 12.0 Å². The van der Waals surface area contributed by atoms with Gasteiger partial charge in [0.25, 0.3) is 0 Å². The quantitative estimate of drug-likeness (QED) is 0.747. The van der Waals surface area contributed by atoms with Crippen LogP contribution in [0, 0.1) is 0 Å². The van der Waals surface area contributed by atoms with Gasteiger partial charge >= 0.3 is 0 Å². The van der Waals surface area contributed by atoms with Crippen LogP contribution >= 0.6 is 0 Å². The monoisotopic (exact) mass is 198 g/mol. The molecular formula is C10H15FN2O. The van der Waals surface area contributed by atoms with E-state index in [0.717, 1.165) is 5.56 Å². The fourth-order valence-corrected chi connectivity index (χ4v) is 1.40. The Labute approximate surface area is 83.3 Å². The highest BCUT2D eigenvalue weighted by Gasteiger charge is 2.26. The van der Waals surface area contributed by atoms with Crippen molar-refractivity contribution in [2.75, 3.05) is 7.11 Å². The number of alkyl halides is 1. The Morgan fingerprint density at radius 3 is 2.50 bits per heavy atom. The summed E-state index contributed by atoms with van der Waals surface area (Å²) < 4.78 is 18.8. The third kappa shape index (κ3) is 2.00. The van der Waals surface area contributed by atoms with Crippen molar-refractivity contribution < 1.29 is 9.13 Å². The third-order valence-electron chi connectivity index (χ3n) is 2.02. The third-order valence-corrected chi connectivity index (χ3v) is 2.02. The summed E-state index contributed by atoms with van der Waals surface area (Å²) in [5.41, 5.74) is -0.309. The first-order valence-corrected chi connectivity index (χ1v) is 4.58. The molecule has 0 amide bonds. The number of rotatable bonds is 3. The van der Waals surface area contributed by atoms with Crippen LogP contribution in [0.5, 0.6) is 5.88 Å². The van der Waals surface area contributed by atoms with Crippen LogP contribution in [-0.4, -0.2) is 17.1 Å². The predicted octanol–water partition coefficient (Wildman–Crippen LogP) is 2.25. The molecule has 0 aliphatic heterocycles. The summed E-state index contributed by atoms with van der Waals surface area (Å²) in [6.45, 7) is 4.89. The molecule has 0 unspecified atom stereocenters. The van der Waals surface area contributed by atoms with E-state index in [2.05, 4.69) is 9.97 Å². The van der Waals surface area contributed by atoms with Crippen LogP contribution in [0.3, 0.4) is 0 Å². The minimum atomic E-state index is -1.46. The lowest BCUT2D eigenvalue weighted by Crippen LogP contribution is -2.16. The molecule has 78 valence electrons. The fourth-order valence-electron chi connectivity index (χ4n) is 1.40. The molecule has 1 aromatic rings. The average Bonchev–Trinajstić information content (AvgIpc) is 2.15. The topological polar surface area (TPSA) is 35.0 Å².